The van der Waals surface area contributed by atoms with Gasteiger partial charge in [-0.15, -0.1) is 0 Å². The molecule has 9 heteroatoms. The summed E-state index contributed by atoms with van der Waals surface area (Å²) in [6.45, 7) is 1.71. The predicted octanol–water partition coefficient (Wildman–Crippen LogP) is 1.80. The zero-order valence-corrected chi connectivity index (χ0v) is 12.5. The van der Waals surface area contributed by atoms with Crippen molar-refractivity contribution in [3.05, 3.63) is 47.3 Å². The van der Waals surface area contributed by atoms with Gasteiger partial charge in [0, 0.05) is 18.2 Å². The van der Waals surface area contributed by atoms with E-state index in [-0.39, 0.29) is 13.0 Å². The number of hydrogen-bond acceptors (Lipinski definition) is 4. The van der Waals surface area contributed by atoms with E-state index in [4.69, 9.17) is 5.11 Å². The van der Waals surface area contributed by atoms with E-state index in [0.29, 0.717) is 12.1 Å². The number of benzene rings is 1. The quantitative estimate of drug-likeness (QED) is 0.581. The Morgan fingerprint density at radius 2 is 1.83 bits per heavy atom. The van der Waals surface area contributed by atoms with E-state index in [1.165, 1.54) is 0 Å². The Kier molecular flexibility index (Phi) is 6.97. The second-order valence-corrected chi connectivity index (χ2v) is 4.50. The maximum atomic E-state index is 13.5. The van der Waals surface area contributed by atoms with Crippen LogP contribution in [0.15, 0.2) is 24.3 Å². The first kappa shape index (κ1) is 19.2. The van der Waals surface area contributed by atoms with Crippen LogP contribution in [-0.2, 0) is 14.3 Å². The van der Waals surface area contributed by atoms with Crippen molar-refractivity contribution in [2.45, 2.75) is 19.4 Å². The van der Waals surface area contributed by atoms with Crippen LogP contribution in [0.3, 0.4) is 0 Å². The molecule has 0 saturated heterocycles. The molecule has 0 aliphatic rings. The summed E-state index contributed by atoms with van der Waals surface area (Å²) in [5, 5.41) is 10.9. The van der Waals surface area contributed by atoms with Crippen molar-refractivity contribution in [1.82, 2.24) is 5.32 Å². The van der Waals surface area contributed by atoms with Crippen molar-refractivity contribution in [2.75, 3.05) is 6.61 Å². The summed E-state index contributed by atoms with van der Waals surface area (Å²) < 4.78 is 44.4. The summed E-state index contributed by atoms with van der Waals surface area (Å²) in [7, 11) is 0. The van der Waals surface area contributed by atoms with E-state index in [2.05, 4.69) is 4.74 Å². The fourth-order valence-electron chi connectivity index (χ4n) is 1.70. The van der Waals surface area contributed by atoms with Crippen LogP contribution in [0.4, 0.5) is 13.2 Å². The number of rotatable bonds is 7. The van der Waals surface area contributed by atoms with Gasteiger partial charge >= 0.3 is 11.9 Å². The molecule has 0 bridgehead atoms. The van der Waals surface area contributed by atoms with Crippen molar-refractivity contribution in [2.24, 2.45) is 0 Å². The number of aliphatic carboxylic acids is 1. The Morgan fingerprint density at radius 3 is 2.33 bits per heavy atom. The average Bonchev–Trinajstić information content (AvgIpc) is 2.45. The van der Waals surface area contributed by atoms with Gasteiger partial charge in [0.25, 0.3) is 5.91 Å². The Bertz CT molecular complexity index is 652. The van der Waals surface area contributed by atoms with Crippen LogP contribution < -0.4 is 5.32 Å². The van der Waals surface area contributed by atoms with E-state index < -0.39 is 46.9 Å². The van der Waals surface area contributed by atoms with Gasteiger partial charge in [0.15, 0.2) is 0 Å². The second kappa shape index (κ2) is 8.70. The van der Waals surface area contributed by atoms with Crippen LogP contribution in [0, 0.1) is 17.5 Å². The van der Waals surface area contributed by atoms with E-state index in [1.807, 2.05) is 5.32 Å². The summed E-state index contributed by atoms with van der Waals surface area (Å²) >= 11 is 0. The van der Waals surface area contributed by atoms with Crippen LogP contribution in [-0.4, -0.2) is 35.6 Å². The topological polar surface area (TPSA) is 92.7 Å². The van der Waals surface area contributed by atoms with Crippen LogP contribution in [0.1, 0.15) is 23.7 Å². The Hall–Kier alpha value is -2.84. The third kappa shape index (κ3) is 5.41. The van der Waals surface area contributed by atoms with Gasteiger partial charge in [-0.3, -0.25) is 4.79 Å². The molecule has 0 fully saturated rings. The van der Waals surface area contributed by atoms with E-state index in [0.717, 1.165) is 12.2 Å². The second-order valence-electron chi connectivity index (χ2n) is 4.50. The van der Waals surface area contributed by atoms with Crippen LogP contribution >= 0.6 is 0 Å². The van der Waals surface area contributed by atoms with Gasteiger partial charge in [-0.25, -0.2) is 22.8 Å². The van der Waals surface area contributed by atoms with Crippen LogP contribution in [0.5, 0.6) is 0 Å². The average molecular weight is 345 g/mol. The third-order valence-electron chi connectivity index (χ3n) is 2.75. The van der Waals surface area contributed by atoms with Gasteiger partial charge in [-0.05, 0) is 13.3 Å². The lowest BCUT2D eigenvalue weighted by Crippen LogP contribution is -2.41. The lowest BCUT2D eigenvalue weighted by atomic mass is 10.1. The Balaban J connectivity index is 2.84. The van der Waals surface area contributed by atoms with Crippen LogP contribution in [0.25, 0.3) is 0 Å². The molecule has 0 aliphatic carbocycles. The number of ether oxygens (including phenoxy) is 1. The van der Waals surface area contributed by atoms with E-state index in [9.17, 15) is 27.6 Å². The van der Waals surface area contributed by atoms with Crippen molar-refractivity contribution in [3.8, 4) is 0 Å². The van der Waals surface area contributed by atoms with Crippen LogP contribution in [0.2, 0.25) is 0 Å². The van der Waals surface area contributed by atoms with E-state index >= 15 is 0 Å². The first-order chi connectivity index (χ1) is 11.3. The largest absolute Gasteiger partial charge is 0.480 e. The zero-order valence-electron chi connectivity index (χ0n) is 12.5. The molecule has 1 atom stereocenters. The number of carbonyl (C=O) groups is 3. The highest BCUT2D eigenvalue weighted by Crippen LogP contribution is 2.15. The first-order valence-electron chi connectivity index (χ1n) is 6.77. The predicted molar refractivity (Wildman–Crippen MR) is 75.6 cm³/mol. The maximum Gasteiger partial charge on any atom is 0.330 e. The third-order valence-corrected chi connectivity index (χ3v) is 2.75. The summed E-state index contributed by atoms with van der Waals surface area (Å²) in [5.74, 6) is -7.69. The zero-order chi connectivity index (χ0) is 18.3. The molecule has 0 heterocycles. The molecule has 1 rings (SSSR count). The van der Waals surface area contributed by atoms with Gasteiger partial charge in [-0.1, -0.05) is 6.08 Å². The van der Waals surface area contributed by atoms with Gasteiger partial charge in [0.05, 0.1) is 6.61 Å². The number of carboxylic acid groups (broad SMARTS) is 1. The molecule has 2 N–H and O–H groups in total. The normalized spacial score (nSPS) is 12.0. The summed E-state index contributed by atoms with van der Waals surface area (Å²) in [4.78, 5) is 34.0. The highest BCUT2D eigenvalue weighted by molar-refractivity contribution is 5.97. The minimum Gasteiger partial charge on any atom is -0.480 e. The summed E-state index contributed by atoms with van der Waals surface area (Å²) in [6, 6.07) is -0.949. The number of halogens is 3. The fourth-order valence-corrected chi connectivity index (χ4v) is 1.70. The van der Waals surface area contributed by atoms with Crippen molar-refractivity contribution in [3.63, 3.8) is 0 Å². The molecule has 1 aromatic rings. The molecule has 1 aromatic carbocycles. The lowest BCUT2D eigenvalue weighted by Gasteiger charge is -2.13. The molecule has 24 heavy (non-hydrogen) atoms. The van der Waals surface area contributed by atoms with Crippen molar-refractivity contribution < 1.29 is 37.4 Å². The number of esters is 1. The molecule has 130 valence electrons. The smallest absolute Gasteiger partial charge is 0.330 e. The van der Waals surface area contributed by atoms with Gasteiger partial charge < -0.3 is 15.2 Å². The minimum absolute atomic E-state index is 0.130. The highest BCUT2D eigenvalue weighted by atomic mass is 19.1. The number of hydrogen-bond donors (Lipinski definition) is 2. The maximum absolute atomic E-state index is 13.5. The standard InChI is InChI=1S/C15H14F3NO5/c1-2-24-12(20)5-3-4-11(15(22)23)19-14(21)13-9(17)6-8(16)7-10(13)18/h3,5-7,11H,2,4H2,1H3,(H,19,21)(H,22,23)/b5-3+/t11-/m1/s1. The lowest BCUT2D eigenvalue weighted by molar-refractivity contribution is -0.139. The molecule has 6 nitrogen and oxygen atoms in total. The van der Waals surface area contributed by atoms with E-state index in [1.54, 1.807) is 6.92 Å². The molecule has 0 spiro atoms. The molecular weight excluding hydrogens is 331 g/mol. The Labute approximate surface area is 134 Å². The molecule has 0 unspecified atom stereocenters. The van der Waals surface area contributed by atoms with Crippen molar-refractivity contribution >= 4 is 17.8 Å². The first-order valence-corrected chi connectivity index (χ1v) is 6.77. The van der Waals surface area contributed by atoms with Gasteiger partial charge in [0.1, 0.15) is 29.1 Å². The van der Waals surface area contributed by atoms with Crippen molar-refractivity contribution in [1.29, 1.82) is 0 Å². The fraction of sp³-hybridized carbons (Fsp3) is 0.267. The number of nitrogens with one attached hydrogen (secondary N) is 1. The molecule has 0 saturated carbocycles. The number of carbonyl (C=O) groups excluding carboxylic acids is 2. The Morgan fingerprint density at radius 1 is 1.25 bits per heavy atom. The number of carboxylic acids is 1. The SMILES string of the molecule is CCOC(=O)/C=C/C[C@@H](NC(=O)c1c(F)cc(F)cc1F)C(=O)O. The molecule has 1 amide bonds. The molecule has 0 radical (unpaired) electrons. The summed E-state index contributed by atoms with van der Waals surface area (Å²) in [5.41, 5.74) is -1.10. The molecular formula is C15H14F3NO5. The molecule has 0 aliphatic heterocycles. The monoisotopic (exact) mass is 345 g/mol. The summed E-state index contributed by atoms with van der Waals surface area (Å²) in [6.07, 6.45) is 1.77. The minimum atomic E-state index is -1.55. The highest BCUT2D eigenvalue weighted by Gasteiger charge is 2.24. The molecule has 0 aromatic heterocycles. The van der Waals surface area contributed by atoms with Gasteiger partial charge in [-0.2, -0.15) is 0 Å². The van der Waals surface area contributed by atoms with Gasteiger partial charge in [0.2, 0.25) is 0 Å². The number of amides is 1.